The zero-order chi connectivity index (χ0) is 11.1. The average molecular weight is 225 g/mol. The summed E-state index contributed by atoms with van der Waals surface area (Å²) in [5.41, 5.74) is 0. The quantitative estimate of drug-likeness (QED) is 0.429. The second kappa shape index (κ2) is 6.19. The maximum Gasteiger partial charge on any atom is 0.303 e. The molecule has 5 heteroatoms. The molecule has 80 valence electrons. The van der Waals surface area contributed by atoms with E-state index in [0.29, 0.717) is 12.0 Å². The van der Waals surface area contributed by atoms with Crippen LogP contribution in [0.3, 0.4) is 0 Å². The van der Waals surface area contributed by atoms with Crippen molar-refractivity contribution in [2.75, 3.05) is 5.75 Å². The molecule has 0 N–H and O–H groups in total. The number of nitrogens with zero attached hydrogens (tertiary/aromatic N) is 1. The highest BCUT2D eigenvalue weighted by Crippen LogP contribution is 2.17. The van der Waals surface area contributed by atoms with E-state index in [-0.39, 0.29) is 0 Å². The fourth-order valence-electron chi connectivity index (χ4n) is 0.927. The number of pyridine rings is 1. The van der Waals surface area contributed by atoms with Gasteiger partial charge in [-0.2, -0.15) is 0 Å². The molecule has 1 heterocycles. The standard InChI is InChI=1S/C10H11NO3S/c1-8(13)14-9(6-12)7-15-10-2-4-11-5-3-10/h2-6,9H,7H2,1H3. The Kier molecular flexibility index (Phi) is 4.83. The number of carbonyl (C=O) groups is 2. The molecular weight excluding hydrogens is 214 g/mol. The van der Waals surface area contributed by atoms with E-state index in [9.17, 15) is 9.59 Å². The van der Waals surface area contributed by atoms with Crippen molar-refractivity contribution in [2.45, 2.75) is 17.9 Å². The van der Waals surface area contributed by atoms with Gasteiger partial charge in [0.15, 0.2) is 12.4 Å². The molecule has 0 saturated heterocycles. The van der Waals surface area contributed by atoms with Crippen molar-refractivity contribution in [3.05, 3.63) is 24.5 Å². The molecule has 0 aliphatic rings. The zero-order valence-corrected chi connectivity index (χ0v) is 9.07. The number of hydrogen-bond donors (Lipinski definition) is 0. The molecule has 0 fully saturated rings. The first kappa shape index (κ1) is 11.7. The average Bonchev–Trinajstić information content (AvgIpc) is 2.25. The van der Waals surface area contributed by atoms with Gasteiger partial charge in [0, 0.05) is 30.0 Å². The Morgan fingerprint density at radius 3 is 2.80 bits per heavy atom. The summed E-state index contributed by atoms with van der Waals surface area (Å²) in [6.07, 6.45) is 3.30. The van der Waals surface area contributed by atoms with Crippen LogP contribution >= 0.6 is 11.8 Å². The molecule has 0 aliphatic carbocycles. The van der Waals surface area contributed by atoms with Gasteiger partial charge in [-0.3, -0.25) is 14.6 Å². The van der Waals surface area contributed by atoms with Crippen LogP contribution in [0, 0.1) is 0 Å². The monoisotopic (exact) mass is 225 g/mol. The molecule has 0 radical (unpaired) electrons. The summed E-state index contributed by atoms with van der Waals surface area (Å²) in [6, 6.07) is 3.67. The lowest BCUT2D eigenvalue weighted by Gasteiger charge is -2.09. The van der Waals surface area contributed by atoms with Gasteiger partial charge in [-0.25, -0.2) is 0 Å². The molecule has 15 heavy (non-hydrogen) atoms. The Morgan fingerprint density at radius 2 is 2.27 bits per heavy atom. The molecule has 1 atom stereocenters. The van der Waals surface area contributed by atoms with Crippen molar-refractivity contribution in [3.63, 3.8) is 0 Å². The highest BCUT2D eigenvalue weighted by Gasteiger charge is 2.10. The van der Waals surface area contributed by atoms with Gasteiger partial charge in [-0.15, -0.1) is 11.8 Å². The van der Waals surface area contributed by atoms with Crippen LogP contribution in [0.2, 0.25) is 0 Å². The van der Waals surface area contributed by atoms with Crippen LogP contribution in [0.25, 0.3) is 0 Å². The van der Waals surface area contributed by atoms with E-state index in [1.807, 2.05) is 12.1 Å². The number of hydrogen-bond acceptors (Lipinski definition) is 5. The maximum absolute atomic E-state index is 10.6. The van der Waals surface area contributed by atoms with Crippen LogP contribution in [-0.2, 0) is 14.3 Å². The number of aromatic nitrogens is 1. The van der Waals surface area contributed by atoms with Crippen molar-refractivity contribution in [2.24, 2.45) is 0 Å². The van der Waals surface area contributed by atoms with Crippen LogP contribution in [0.15, 0.2) is 29.4 Å². The van der Waals surface area contributed by atoms with Crippen LogP contribution in [0.4, 0.5) is 0 Å². The molecular formula is C10H11NO3S. The van der Waals surface area contributed by atoms with E-state index in [1.54, 1.807) is 12.4 Å². The second-order valence-corrected chi connectivity index (χ2v) is 3.87. The third-order valence-electron chi connectivity index (χ3n) is 1.53. The van der Waals surface area contributed by atoms with Gasteiger partial charge >= 0.3 is 5.97 Å². The highest BCUT2D eigenvalue weighted by molar-refractivity contribution is 7.99. The predicted molar refractivity (Wildman–Crippen MR) is 56.6 cm³/mol. The van der Waals surface area contributed by atoms with Crippen molar-refractivity contribution < 1.29 is 14.3 Å². The number of aldehydes is 1. The van der Waals surface area contributed by atoms with Crippen molar-refractivity contribution in [3.8, 4) is 0 Å². The molecule has 0 bridgehead atoms. The molecule has 4 nitrogen and oxygen atoms in total. The lowest BCUT2D eigenvalue weighted by molar-refractivity contribution is -0.148. The number of thioether (sulfide) groups is 1. The van der Waals surface area contributed by atoms with Gasteiger partial charge in [-0.1, -0.05) is 0 Å². The van der Waals surface area contributed by atoms with Crippen LogP contribution in [0.1, 0.15) is 6.92 Å². The Bertz CT molecular complexity index is 329. The topological polar surface area (TPSA) is 56.3 Å². The Morgan fingerprint density at radius 1 is 1.60 bits per heavy atom. The third kappa shape index (κ3) is 4.60. The summed E-state index contributed by atoms with van der Waals surface area (Å²) >= 11 is 1.45. The zero-order valence-electron chi connectivity index (χ0n) is 8.25. The predicted octanol–water partition coefficient (Wildman–Crippen LogP) is 1.30. The Balaban J connectivity index is 2.41. The molecule has 1 unspecified atom stereocenters. The van der Waals surface area contributed by atoms with E-state index in [0.717, 1.165) is 4.90 Å². The maximum atomic E-state index is 10.6. The van der Waals surface area contributed by atoms with Crippen molar-refractivity contribution in [1.82, 2.24) is 4.98 Å². The Hall–Kier alpha value is -1.36. The molecule has 1 aromatic rings. The first-order valence-corrected chi connectivity index (χ1v) is 5.36. The summed E-state index contributed by atoms with van der Waals surface area (Å²) in [7, 11) is 0. The fraction of sp³-hybridized carbons (Fsp3) is 0.300. The summed E-state index contributed by atoms with van der Waals surface area (Å²) in [5.74, 6) is -0.0185. The number of rotatable bonds is 5. The second-order valence-electron chi connectivity index (χ2n) is 2.78. The number of esters is 1. The lowest BCUT2D eigenvalue weighted by Crippen LogP contribution is -2.20. The minimum absolute atomic E-state index is 0.424. The van der Waals surface area contributed by atoms with Gasteiger partial charge in [0.25, 0.3) is 0 Å². The molecule has 0 aliphatic heterocycles. The first-order chi connectivity index (χ1) is 7.22. The first-order valence-electron chi connectivity index (χ1n) is 4.37. The lowest BCUT2D eigenvalue weighted by atomic mass is 10.4. The number of ether oxygens (including phenoxy) is 1. The molecule has 1 aromatic heterocycles. The van der Waals surface area contributed by atoms with E-state index in [1.165, 1.54) is 18.7 Å². The SMILES string of the molecule is CC(=O)OC(C=O)CSc1ccncc1. The minimum Gasteiger partial charge on any atom is -0.454 e. The molecule has 0 saturated carbocycles. The van der Waals surface area contributed by atoms with E-state index < -0.39 is 12.1 Å². The van der Waals surface area contributed by atoms with Crippen molar-refractivity contribution >= 4 is 24.0 Å². The van der Waals surface area contributed by atoms with E-state index in [4.69, 9.17) is 4.74 Å². The van der Waals surface area contributed by atoms with Crippen LogP contribution in [0.5, 0.6) is 0 Å². The smallest absolute Gasteiger partial charge is 0.303 e. The molecule has 0 spiro atoms. The Labute approximate surface area is 92.0 Å². The summed E-state index contributed by atoms with van der Waals surface area (Å²) < 4.78 is 4.78. The van der Waals surface area contributed by atoms with Gasteiger partial charge < -0.3 is 4.74 Å². The van der Waals surface area contributed by atoms with Gasteiger partial charge in [0.2, 0.25) is 0 Å². The third-order valence-corrected chi connectivity index (χ3v) is 2.63. The number of carbonyl (C=O) groups excluding carboxylic acids is 2. The van der Waals surface area contributed by atoms with Gasteiger partial charge in [0.1, 0.15) is 0 Å². The molecule has 1 rings (SSSR count). The molecule has 0 amide bonds. The highest BCUT2D eigenvalue weighted by atomic mass is 32.2. The van der Waals surface area contributed by atoms with Gasteiger partial charge in [-0.05, 0) is 12.1 Å². The molecule has 0 aromatic carbocycles. The summed E-state index contributed by atoms with van der Waals surface area (Å²) in [4.78, 5) is 26.0. The largest absolute Gasteiger partial charge is 0.454 e. The summed E-state index contributed by atoms with van der Waals surface area (Å²) in [6.45, 7) is 1.29. The van der Waals surface area contributed by atoms with Crippen molar-refractivity contribution in [1.29, 1.82) is 0 Å². The van der Waals surface area contributed by atoms with E-state index >= 15 is 0 Å². The fourth-order valence-corrected chi connectivity index (χ4v) is 1.74. The minimum atomic E-state index is -0.680. The summed E-state index contributed by atoms with van der Waals surface area (Å²) in [5, 5.41) is 0. The van der Waals surface area contributed by atoms with Crippen LogP contribution in [-0.4, -0.2) is 29.1 Å². The van der Waals surface area contributed by atoms with E-state index in [2.05, 4.69) is 4.98 Å². The van der Waals surface area contributed by atoms with Crippen LogP contribution < -0.4 is 0 Å². The van der Waals surface area contributed by atoms with Gasteiger partial charge in [0.05, 0.1) is 0 Å². The normalized spacial score (nSPS) is 11.8.